The molecule has 2 N–H and O–H groups in total. The molecule has 6 nitrogen and oxygen atoms in total. The molecule has 1 heterocycles. The zero-order valence-corrected chi connectivity index (χ0v) is 18.7. The van der Waals surface area contributed by atoms with Crippen LogP contribution in [0.5, 0.6) is 5.75 Å². The molecule has 30 heavy (non-hydrogen) atoms. The Morgan fingerprint density at radius 2 is 1.93 bits per heavy atom. The van der Waals surface area contributed by atoms with Crippen LogP contribution in [0, 0.1) is 6.92 Å². The highest BCUT2D eigenvalue weighted by Crippen LogP contribution is 2.19. The number of benzene rings is 2. The Labute approximate surface area is 182 Å². The van der Waals surface area contributed by atoms with Gasteiger partial charge in [0.05, 0.1) is 13.7 Å². The van der Waals surface area contributed by atoms with Gasteiger partial charge in [0, 0.05) is 35.2 Å². The lowest BCUT2D eigenvalue weighted by molar-refractivity contribution is 0.327. The number of hydrogen-bond donors (Lipinski definition) is 2. The number of fused-ring (bicyclic) bond motifs is 1. The van der Waals surface area contributed by atoms with E-state index in [1.54, 1.807) is 7.11 Å². The number of anilines is 1. The van der Waals surface area contributed by atoms with Gasteiger partial charge in [-0.1, -0.05) is 12.1 Å². The first-order valence-corrected chi connectivity index (χ1v) is 10.2. The SMILES string of the molecule is COc1ccc2[nH]c(=O)c(CN(CCN(C)C)C(=S)Nc3cccc(C)c3)cc2c1. The normalized spacial score (nSPS) is 11.0. The zero-order valence-electron chi connectivity index (χ0n) is 17.9. The first-order valence-electron chi connectivity index (χ1n) is 9.83. The third kappa shape index (κ3) is 5.58. The first-order chi connectivity index (χ1) is 14.4. The molecule has 0 saturated heterocycles. The van der Waals surface area contributed by atoms with Crippen LogP contribution < -0.4 is 15.6 Å². The molecule has 158 valence electrons. The summed E-state index contributed by atoms with van der Waals surface area (Å²) in [7, 11) is 5.67. The molecule has 2 aromatic carbocycles. The van der Waals surface area contributed by atoms with Crippen molar-refractivity contribution in [1.29, 1.82) is 0 Å². The number of ether oxygens (including phenoxy) is 1. The maximum Gasteiger partial charge on any atom is 0.253 e. The van der Waals surface area contributed by atoms with Gasteiger partial charge >= 0.3 is 0 Å². The Morgan fingerprint density at radius 3 is 2.63 bits per heavy atom. The average Bonchev–Trinajstić information content (AvgIpc) is 2.70. The Balaban J connectivity index is 1.87. The third-order valence-corrected chi connectivity index (χ3v) is 5.22. The van der Waals surface area contributed by atoms with Gasteiger partial charge in [0.25, 0.3) is 5.56 Å². The van der Waals surface area contributed by atoms with Gasteiger partial charge in [0.15, 0.2) is 5.11 Å². The number of H-pyrrole nitrogens is 1. The van der Waals surface area contributed by atoms with Gasteiger partial charge in [-0.05, 0) is 75.2 Å². The van der Waals surface area contributed by atoms with Crippen molar-refractivity contribution < 1.29 is 4.74 Å². The molecule has 3 rings (SSSR count). The number of nitrogens with zero attached hydrogens (tertiary/aromatic N) is 2. The van der Waals surface area contributed by atoms with Crippen molar-refractivity contribution in [3.63, 3.8) is 0 Å². The number of thiocarbonyl (C=S) groups is 1. The van der Waals surface area contributed by atoms with Crippen molar-refractivity contribution in [2.75, 3.05) is 39.6 Å². The first kappa shape index (κ1) is 21.8. The lowest BCUT2D eigenvalue weighted by atomic mass is 10.1. The van der Waals surface area contributed by atoms with Crippen molar-refractivity contribution in [1.82, 2.24) is 14.8 Å². The van der Waals surface area contributed by atoms with E-state index in [0.29, 0.717) is 23.8 Å². The van der Waals surface area contributed by atoms with Crippen LogP contribution in [0.1, 0.15) is 11.1 Å². The quantitative estimate of drug-likeness (QED) is 0.565. The summed E-state index contributed by atoms with van der Waals surface area (Å²) < 4.78 is 5.31. The summed E-state index contributed by atoms with van der Waals surface area (Å²) in [6.07, 6.45) is 0. The number of likely N-dealkylation sites (N-methyl/N-ethyl adjacent to an activating group) is 1. The number of rotatable bonds is 7. The van der Waals surface area contributed by atoms with E-state index in [4.69, 9.17) is 17.0 Å². The molecule has 3 aromatic rings. The number of pyridine rings is 1. The summed E-state index contributed by atoms with van der Waals surface area (Å²) in [6, 6.07) is 15.6. The van der Waals surface area contributed by atoms with Crippen LogP contribution >= 0.6 is 12.2 Å². The van der Waals surface area contributed by atoms with Crippen molar-refractivity contribution in [2.24, 2.45) is 0 Å². The number of methoxy groups -OCH3 is 1. The monoisotopic (exact) mass is 424 g/mol. The molecule has 0 radical (unpaired) electrons. The molecule has 0 fully saturated rings. The van der Waals surface area contributed by atoms with E-state index in [9.17, 15) is 4.79 Å². The van der Waals surface area contributed by atoms with Crippen LogP contribution in [0.15, 0.2) is 53.3 Å². The van der Waals surface area contributed by atoms with E-state index in [0.717, 1.165) is 34.4 Å². The minimum atomic E-state index is -0.110. The Morgan fingerprint density at radius 1 is 1.13 bits per heavy atom. The highest BCUT2D eigenvalue weighted by Gasteiger charge is 2.14. The fourth-order valence-electron chi connectivity index (χ4n) is 3.18. The Kier molecular flexibility index (Phi) is 7.07. The van der Waals surface area contributed by atoms with Crippen LogP contribution in [-0.2, 0) is 6.54 Å². The second-order valence-corrected chi connectivity index (χ2v) is 7.99. The van der Waals surface area contributed by atoms with E-state index in [1.165, 1.54) is 0 Å². The van der Waals surface area contributed by atoms with Crippen LogP contribution in [0.3, 0.4) is 0 Å². The van der Waals surface area contributed by atoms with E-state index < -0.39 is 0 Å². The Hall–Kier alpha value is -2.90. The number of hydrogen-bond acceptors (Lipinski definition) is 4. The fraction of sp³-hybridized carbons (Fsp3) is 0.304. The molecule has 0 amide bonds. The second-order valence-electron chi connectivity index (χ2n) is 7.60. The lowest BCUT2D eigenvalue weighted by Crippen LogP contribution is -2.40. The molecule has 0 aliphatic carbocycles. The van der Waals surface area contributed by atoms with Gasteiger partial charge in [-0.3, -0.25) is 4.79 Å². The van der Waals surface area contributed by atoms with Crippen LogP contribution in [0.4, 0.5) is 5.69 Å². The number of aromatic amines is 1. The summed E-state index contributed by atoms with van der Waals surface area (Å²) in [5, 5.41) is 4.82. The predicted octanol–water partition coefficient (Wildman–Crippen LogP) is 3.61. The molecule has 0 unspecified atom stereocenters. The van der Waals surface area contributed by atoms with Crippen molar-refractivity contribution in [3.05, 3.63) is 70.0 Å². The average molecular weight is 425 g/mol. The molecule has 7 heteroatoms. The Bertz CT molecular complexity index is 1090. The topological polar surface area (TPSA) is 60.6 Å². The minimum Gasteiger partial charge on any atom is -0.497 e. The van der Waals surface area contributed by atoms with Crippen molar-refractivity contribution >= 4 is 33.9 Å². The molecule has 0 bridgehead atoms. The van der Waals surface area contributed by atoms with Gasteiger partial charge in [0.1, 0.15) is 5.75 Å². The predicted molar refractivity (Wildman–Crippen MR) is 127 cm³/mol. The number of nitrogens with one attached hydrogen (secondary N) is 2. The zero-order chi connectivity index (χ0) is 21.7. The number of aryl methyl sites for hydroxylation is 1. The lowest BCUT2D eigenvalue weighted by Gasteiger charge is -2.27. The second kappa shape index (κ2) is 9.73. The summed E-state index contributed by atoms with van der Waals surface area (Å²) in [4.78, 5) is 19.8. The molecular weight excluding hydrogens is 396 g/mol. The molecule has 0 spiro atoms. The summed E-state index contributed by atoms with van der Waals surface area (Å²) in [5.74, 6) is 0.751. The van der Waals surface area contributed by atoms with E-state index >= 15 is 0 Å². The highest BCUT2D eigenvalue weighted by atomic mass is 32.1. The van der Waals surface area contributed by atoms with Crippen LogP contribution in [0.25, 0.3) is 10.9 Å². The van der Waals surface area contributed by atoms with E-state index in [-0.39, 0.29) is 5.56 Å². The van der Waals surface area contributed by atoms with Gasteiger partial charge < -0.3 is 24.8 Å². The third-order valence-electron chi connectivity index (χ3n) is 4.86. The van der Waals surface area contributed by atoms with Crippen molar-refractivity contribution in [2.45, 2.75) is 13.5 Å². The van der Waals surface area contributed by atoms with Crippen molar-refractivity contribution in [3.8, 4) is 5.75 Å². The molecular formula is C23H28N4O2S. The molecule has 0 atom stereocenters. The molecule has 0 aliphatic rings. The van der Waals surface area contributed by atoms with E-state index in [2.05, 4.69) is 15.2 Å². The van der Waals surface area contributed by atoms with Gasteiger partial charge in [-0.15, -0.1) is 0 Å². The van der Waals surface area contributed by atoms with Gasteiger partial charge in [-0.2, -0.15) is 0 Å². The van der Waals surface area contributed by atoms with E-state index in [1.807, 2.05) is 74.4 Å². The molecule has 1 aromatic heterocycles. The fourth-order valence-corrected chi connectivity index (χ4v) is 3.45. The summed E-state index contributed by atoms with van der Waals surface area (Å²) in [5.41, 5.74) is 3.42. The maximum absolute atomic E-state index is 12.7. The molecule has 0 saturated carbocycles. The smallest absolute Gasteiger partial charge is 0.253 e. The van der Waals surface area contributed by atoms with Crippen LogP contribution in [0.2, 0.25) is 0 Å². The van der Waals surface area contributed by atoms with Crippen LogP contribution in [-0.4, -0.2) is 54.2 Å². The minimum absolute atomic E-state index is 0.110. The van der Waals surface area contributed by atoms with Gasteiger partial charge in [0.2, 0.25) is 0 Å². The maximum atomic E-state index is 12.7. The summed E-state index contributed by atoms with van der Waals surface area (Å²) in [6.45, 7) is 3.96. The largest absolute Gasteiger partial charge is 0.497 e. The number of aromatic nitrogens is 1. The highest BCUT2D eigenvalue weighted by molar-refractivity contribution is 7.80. The van der Waals surface area contributed by atoms with Gasteiger partial charge in [-0.25, -0.2) is 0 Å². The standard InChI is InChI=1S/C23H28N4O2S/c1-16-6-5-7-19(12-16)24-23(30)27(11-10-26(2)3)15-18-13-17-14-20(29-4)8-9-21(17)25-22(18)28/h5-9,12-14H,10-11,15H2,1-4H3,(H,24,30)(H,25,28). The summed E-state index contributed by atoms with van der Waals surface area (Å²) >= 11 is 5.69. The molecule has 0 aliphatic heterocycles.